The lowest BCUT2D eigenvalue weighted by atomic mass is 9.96. The van der Waals surface area contributed by atoms with E-state index in [0.29, 0.717) is 38.3 Å². The Balaban J connectivity index is 1.19. The molecule has 5 rings (SSSR count). The smallest absolute Gasteiger partial charge is 0.236 e. The SMILES string of the molecule is O=C(Nc1cc2cc(-c3cncs3)ccc2cn1)C1CCN(C(=O)CN2CCCC2)CC1. The summed E-state index contributed by atoms with van der Waals surface area (Å²) in [5.74, 6) is 0.657. The summed E-state index contributed by atoms with van der Waals surface area (Å²) in [6.45, 7) is 3.85. The van der Waals surface area contributed by atoms with Crippen LogP contribution in [0.5, 0.6) is 0 Å². The summed E-state index contributed by atoms with van der Waals surface area (Å²) in [5, 5.41) is 5.05. The van der Waals surface area contributed by atoms with E-state index >= 15 is 0 Å². The van der Waals surface area contributed by atoms with Crippen molar-refractivity contribution >= 4 is 39.7 Å². The topological polar surface area (TPSA) is 78.4 Å². The summed E-state index contributed by atoms with van der Waals surface area (Å²) in [6, 6.07) is 8.13. The molecule has 1 aromatic carbocycles. The number of nitrogens with zero attached hydrogens (tertiary/aromatic N) is 4. The molecule has 2 aliphatic rings. The third-order valence-corrected chi connectivity index (χ3v) is 7.29. The number of hydrogen-bond acceptors (Lipinski definition) is 6. The Kier molecular flexibility index (Phi) is 6.14. The summed E-state index contributed by atoms with van der Waals surface area (Å²) in [5.41, 5.74) is 2.93. The van der Waals surface area contributed by atoms with Crippen LogP contribution in [0.15, 0.2) is 42.2 Å². The summed E-state index contributed by atoms with van der Waals surface area (Å²) in [6.07, 6.45) is 7.41. The average molecular weight is 450 g/mol. The number of nitrogens with one attached hydrogen (secondary N) is 1. The van der Waals surface area contributed by atoms with Gasteiger partial charge in [-0.1, -0.05) is 12.1 Å². The molecular weight excluding hydrogens is 422 g/mol. The van der Waals surface area contributed by atoms with Crippen molar-refractivity contribution in [2.75, 3.05) is 38.0 Å². The van der Waals surface area contributed by atoms with Gasteiger partial charge >= 0.3 is 0 Å². The van der Waals surface area contributed by atoms with Crippen molar-refractivity contribution in [3.8, 4) is 10.4 Å². The van der Waals surface area contributed by atoms with E-state index < -0.39 is 0 Å². The molecule has 0 spiro atoms. The summed E-state index contributed by atoms with van der Waals surface area (Å²) in [4.78, 5) is 39.2. The van der Waals surface area contributed by atoms with E-state index in [1.54, 1.807) is 17.5 Å². The maximum absolute atomic E-state index is 12.8. The number of benzene rings is 1. The van der Waals surface area contributed by atoms with Gasteiger partial charge in [0.05, 0.1) is 16.9 Å². The number of pyridine rings is 1. The second-order valence-corrected chi connectivity index (χ2v) is 9.51. The maximum atomic E-state index is 12.8. The fraction of sp³-hybridized carbons (Fsp3) is 0.417. The number of likely N-dealkylation sites (tertiary alicyclic amines) is 2. The van der Waals surface area contributed by atoms with Crippen molar-refractivity contribution in [3.63, 3.8) is 0 Å². The molecule has 2 amide bonds. The molecule has 2 fully saturated rings. The maximum Gasteiger partial charge on any atom is 0.236 e. The summed E-state index contributed by atoms with van der Waals surface area (Å²) < 4.78 is 0. The van der Waals surface area contributed by atoms with Crippen LogP contribution in [-0.4, -0.2) is 64.3 Å². The number of fused-ring (bicyclic) bond motifs is 1. The van der Waals surface area contributed by atoms with Gasteiger partial charge in [-0.05, 0) is 61.9 Å². The second kappa shape index (κ2) is 9.34. The Hall–Kier alpha value is -2.84. The molecule has 2 saturated heterocycles. The number of amides is 2. The molecule has 166 valence electrons. The summed E-state index contributed by atoms with van der Waals surface area (Å²) in [7, 11) is 0. The third kappa shape index (κ3) is 4.66. The Labute approximate surface area is 191 Å². The van der Waals surface area contributed by atoms with Gasteiger partial charge in [-0.2, -0.15) is 0 Å². The molecule has 3 aromatic rings. The number of carbonyl (C=O) groups is 2. The zero-order valence-electron chi connectivity index (χ0n) is 18.0. The minimum atomic E-state index is -0.0909. The van der Waals surface area contributed by atoms with Gasteiger partial charge in [-0.3, -0.25) is 19.5 Å². The average Bonchev–Trinajstić information content (AvgIpc) is 3.53. The van der Waals surface area contributed by atoms with Crippen LogP contribution in [0.25, 0.3) is 21.2 Å². The van der Waals surface area contributed by atoms with Crippen molar-refractivity contribution in [3.05, 3.63) is 42.2 Å². The highest BCUT2D eigenvalue weighted by Gasteiger charge is 2.28. The predicted octanol–water partition coefficient (Wildman–Crippen LogP) is 3.63. The minimum Gasteiger partial charge on any atom is -0.342 e. The van der Waals surface area contributed by atoms with Crippen LogP contribution in [0.3, 0.4) is 0 Å². The molecule has 0 unspecified atom stereocenters. The lowest BCUT2D eigenvalue weighted by Gasteiger charge is -2.32. The molecule has 0 radical (unpaired) electrons. The van der Waals surface area contributed by atoms with Crippen molar-refractivity contribution in [2.45, 2.75) is 25.7 Å². The Morgan fingerprint density at radius 3 is 2.59 bits per heavy atom. The zero-order valence-corrected chi connectivity index (χ0v) is 18.8. The van der Waals surface area contributed by atoms with Gasteiger partial charge in [0.25, 0.3) is 0 Å². The number of aromatic nitrogens is 2. The van der Waals surface area contributed by atoms with Gasteiger partial charge in [-0.15, -0.1) is 11.3 Å². The first-order valence-electron chi connectivity index (χ1n) is 11.3. The number of thiazole rings is 1. The predicted molar refractivity (Wildman–Crippen MR) is 126 cm³/mol. The largest absolute Gasteiger partial charge is 0.342 e. The number of piperidine rings is 1. The molecular formula is C24H27N5O2S. The van der Waals surface area contributed by atoms with Crippen LogP contribution < -0.4 is 5.32 Å². The number of carbonyl (C=O) groups excluding carboxylic acids is 2. The fourth-order valence-corrected chi connectivity index (χ4v) is 5.19. The number of rotatable bonds is 5. The van der Waals surface area contributed by atoms with Crippen LogP contribution in [0.1, 0.15) is 25.7 Å². The van der Waals surface area contributed by atoms with Crippen molar-refractivity contribution < 1.29 is 9.59 Å². The van der Waals surface area contributed by atoms with E-state index in [-0.39, 0.29) is 17.7 Å². The molecule has 32 heavy (non-hydrogen) atoms. The van der Waals surface area contributed by atoms with Crippen LogP contribution in [0, 0.1) is 5.92 Å². The highest BCUT2D eigenvalue weighted by molar-refractivity contribution is 7.13. The lowest BCUT2D eigenvalue weighted by molar-refractivity contribution is -0.135. The Bertz CT molecular complexity index is 1100. The Morgan fingerprint density at radius 1 is 1.03 bits per heavy atom. The molecule has 8 heteroatoms. The van der Waals surface area contributed by atoms with Crippen LogP contribution in [-0.2, 0) is 9.59 Å². The van der Waals surface area contributed by atoms with Crippen molar-refractivity contribution in [1.29, 1.82) is 0 Å². The lowest BCUT2D eigenvalue weighted by Crippen LogP contribution is -2.45. The van der Waals surface area contributed by atoms with Crippen LogP contribution in [0.4, 0.5) is 5.82 Å². The number of hydrogen-bond donors (Lipinski definition) is 1. The van der Waals surface area contributed by atoms with E-state index in [1.807, 2.05) is 28.7 Å². The zero-order chi connectivity index (χ0) is 21.9. The molecule has 7 nitrogen and oxygen atoms in total. The normalized spacial score (nSPS) is 17.7. The molecule has 2 aromatic heterocycles. The quantitative estimate of drug-likeness (QED) is 0.644. The standard InChI is InChI=1S/C24H27N5O2S/c30-23(15-28-7-1-2-8-28)29-9-5-17(6-10-29)24(31)27-22-12-20-11-18(21-14-25-16-32-21)3-4-19(20)13-26-22/h3-4,11-14,16-17H,1-2,5-10,15H2,(H,26,27,31). The molecule has 0 aliphatic carbocycles. The monoisotopic (exact) mass is 449 g/mol. The van der Waals surface area contributed by atoms with Crippen LogP contribution >= 0.6 is 11.3 Å². The van der Waals surface area contributed by atoms with Gasteiger partial charge in [-0.25, -0.2) is 4.98 Å². The first-order valence-corrected chi connectivity index (χ1v) is 12.1. The van der Waals surface area contributed by atoms with E-state index in [1.165, 1.54) is 12.8 Å². The van der Waals surface area contributed by atoms with E-state index in [2.05, 4.69) is 32.3 Å². The van der Waals surface area contributed by atoms with E-state index in [9.17, 15) is 9.59 Å². The molecule has 4 heterocycles. The fourth-order valence-electron chi connectivity index (χ4n) is 4.57. The summed E-state index contributed by atoms with van der Waals surface area (Å²) >= 11 is 1.60. The minimum absolute atomic E-state index is 0.0119. The van der Waals surface area contributed by atoms with Gasteiger partial charge in [0.1, 0.15) is 5.82 Å². The third-order valence-electron chi connectivity index (χ3n) is 6.47. The molecule has 2 aliphatic heterocycles. The molecule has 0 saturated carbocycles. The van der Waals surface area contributed by atoms with Gasteiger partial charge in [0.2, 0.25) is 11.8 Å². The highest BCUT2D eigenvalue weighted by Crippen LogP contribution is 2.28. The second-order valence-electron chi connectivity index (χ2n) is 8.62. The van der Waals surface area contributed by atoms with Gasteiger partial charge in [0.15, 0.2) is 0 Å². The first-order chi connectivity index (χ1) is 15.7. The van der Waals surface area contributed by atoms with Crippen LogP contribution in [0.2, 0.25) is 0 Å². The van der Waals surface area contributed by atoms with Gasteiger partial charge in [0, 0.05) is 36.8 Å². The van der Waals surface area contributed by atoms with E-state index in [4.69, 9.17) is 0 Å². The van der Waals surface area contributed by atoms with Crippen molar-refractivity contribution in [2.24, 2.45) is 5.92 Å². The Morgan fingerprint density at radius 2 is 1.84 bits per heavy atom. The number of anilines is 1. The van der Waals surface area contributed by atoms with Crippen molar-refractivity contribution in [1.82, 2.24) is 19.8 Å². The van der Waals surface area contributed by atoms with Gasteiger partial charge < -0.3 is 10.2 Å². The first kappa shape index (κ1) is 21.0. The molecule has 0 bridgehead atoms. The molecule has 1 N–H and O–H groups in total. The highest BCUT2D eigenvalue weighted by atomic mass is 32.1. The molecule has 0 atom stereocenters. The van der Waals surface area contributed by atoms with E-state index in [0.717, 1.165) is 34.3 Å².